The van der Waals surface area contributed by atoms with Gasteiger partial charge in [-0.1, -0.05) is 39.8 Å². The van der Waals surface area contributed by atoms with E-state index in [2.05, 4.69) is 4.18 Å². The van der Waals surface area contributed by atoms with Crippen LogP contribution in [0.4, 0.5) is 13.2 Å². The van der Waals surface area contributed by atoms with Gasteiger partial charge in [-0.2, -0.15) is 21.6 Å². The number of methoxy groups -OCH3 is 1. The second-order valence-electron chi connectivity index (χ2n) is 5.19. The van der Waals surface area contributed by atoms with Gasteiger partial charge in [0.1, 0.15) is 5.75 Å². The lowest BCUT2D eigenvalue weighted by Gasteiger charge is -2.30. The highest BCUT2D eigenvalue weighted by Gasteiger charge is 2.50. The van der Waals surface area contributed by atoms with Gasteiger partial charge in [-0.3, -0.25) is 14.5 Å². The van der Waals surface area contributed by atoms with Crippen LogP contribution in [0, 0.1) is 0 Å². The van der Waals surface area contributed by atoms with Gasteiger partial charge in [-0.25, -0.2) is 4.18 Å². The summed E-state index contributed by atoms with van der Waals surface area (Å²) in [6.45, 7) is 7.79. The van der Waals surface area contributed by atoms with Crippen molar-refractivity contribution in [3.8, 4) is 5.75 Å². The first-order valence-corrected chi connectivity index (χ1v) is 10.4. The Kier molecular flexibility index (Phi) is 10.9. The third-order valence-corrected chi connectivity index (χ3v) is 4.54. The number of rotatable bonds is 5. The fraction of sp³-hybridized carbons (Fsp3) is 0.556. The maximum absolute atomic E-state index is 12.4. The molecule has 2 amide bonds. The Balaban J connectivity index is 0.00000184. The number of alkyl halides is 3. The molecule has 1 aromatic carbocycles. The zero-order chi connectivity index (χ0) is 22.8. The summed E-state index contributed by atoms with van der Waals surface area (Å²) in [5.41, 5.74) is -5.13. The van der Waals surface area contributed by atoms with Crippen molar-refractivity contribution in [1.29, 1.82) is 0 Å². The second-order valence-corrected chi connectivity index (χ2v) is 6.75. The normalized spacial score (nSPS) is 17.0. The van der Waals surface area contributed by atoms with Crippen molar-refractivity contribution < 1.29 is 40.1 Å². The third-order valence-electron chi connectivity index (χ3n) is 3.49. The van der Waals surface area contributed by atoms with E-state index in [4.69, 9.17) is 4.74 Å². The van der Waals surface area contributed by atoms with E-state index in [1.165, 1.54) is 7.11 Å². The molecule has 1 unspecified atom stereocenters. The number of imide groups is 1. The second kappa shape index (κ2) is 11.8. The number of ether oxygens (including phenoxy) is 1. The molecule has 0 radical (unpaired) electrons. The van der Waals surface area contributed by atoms with Crippen LogP contribution < -0.4 is 4.74 Å². The molecular formula is C18H26F3NO6S. The molecule has 1 aliphatic heterocycles. The van der Waals surface area contributed by atoms with Crippen molar-refractivity contribution >= 4 is 21.9 Å². The number of hydrogen-bond acceptors (Lipinski definition) is 6. The predicted octanol–water partition coefficient (Wildman–Crippen LogP) is 3.63. The lowest BCUT2D eigenvalue weighted by atomic mass is 10.1. The summed E-state index contributed by atoms with van der Waals surface area (Å²) < 4.78 is 68.3. The van der Waals surface area contributed by atoms with Crippen LogP contribution in [0.5, 0.6) is 5.75 Å². The Morgan fingerprint density at radius 1 is 1.07 bits per heavy atom. The maximum Gasteiger partial charge on any atom is 0.523 e. The Morgan fingerprint density at radius 2 is 1.59 bits per heavy atom. The van der Waals surface area contributed by atoms with E-state index < -0.39 is 40.0 Å². The molecule has 1 aromatic rings. The van der Waals surface area contributed by atoms with E-state index in [0.717, 1.165) is 0 Å². The van der Waals surface area contributed by atoms with Crippen LogP contribution >= 0.6 is 0 Å². The third kappa shape index (κ3) is 7.32. The number of hydrogen-bond donors (Lipinski definition) is 0. The quantitative estimate of drug-likeness (QED) is 0.394. The summed E-state index contributed by atoms with van der Waals surface area (Å²) in [6, 6.07) is 6.29. The standard InChI is InChI=1S/C14H14F3NO6S.2C2H6/c1-23-10-4-2-9(3-5-10)8-18-12(19)7-6-11(13(18)20)24-25(21,22)14(15,16)17;2*1-2/h2-5,11H,6-8H2,1H3;2*1-2H3. The molecule has 1 aliphatic rings. The molecule has 0 aliphatic carbocycles. The molecule has 0 aromatic heterocycles. The van der Waals surface area contributed by atoms with E-state index in [-0.39, 0.29) is 13.0 Å². The molecule has 1 fully saturated rings. The fourth-order valence-electron chi connectivity index (χ4n) is 2.19. The van der Waals surface area contributed by atoms with Crippen LogP contribution in [0.3, 0.4) is 0 Å². The van der Waals surface area contributed by atoms with Crippen molar-refractivity contribution in [2.24, 2.45) is 0 Å². The zero-order valence-corrected chi connectivity index (χ0v) is 17.8. The molecule has 166 valence electrons. The molecule has 2 rings (SSSR count). The van der Waals surface area contributed by atoms with Gasteiger partial charge in [0, 0.05) is 6.42 Å². The SMILES string of the molecule is CC.CC.COc1ccc(CN2C(=O)CCC(OS(=O)(=O)C(F)(F)F)C2=O)cc1. The first kappa shape index (κ1) is 26.9. The van der Waals surface area contributed by atoms with E-state index in [0.29, 0.717) is 16.2 Å². The van der Waals surface area contributed by atoms with Crippen molar-refractivity contribution in [2.45, 2.75) is 58.7 Å². The van der Waals surface area contributed by atoms with E-state index in [9.17, 15) is 31.2 Å². The van der Waals surface area contributed by atoms with Gasteiger partial charge in [-0.15, -0.1) is 0 Å². The van der Waals surface area contributed by atoms with Gasteiger partial charge in [0.15, 0.2) is 6.10 Å². The number of carbonyl (C=O) groups is 2. The zero-order valence-electron chi connectivity index (χ0n) is 16.9. The molecule has 0 bridgehead atoms. The van der Waals surface area contributed by atoms with Gasteiger partial charge in [0.05, 0.1) is 13.7 Å². The van der Waals surface area contributed by atoms with Crippen molar-refractivity contribution in [1.82, 2.24) is 4.90 Å². The van der Waals surface area contributed by atoms with Crippen molar-refractivity contribution in [3.63, 3.8) is 0 Å². The molecule has 0 spiro atoms. The highest BCUT2D eigenvalue weighted by atomic mass is 32.2. The summed E-state index contributed by atoms with van der Waals surface area (Å²) in [6.07, 6.45) is -2.63. The molecule has 1 saturated heterocycles. The predicted molar refractivity (Wildman–Crippen MR) is 100 cm³/mol. The summed E-state index contributed by atoms with van der Waals surface area (Å²) in [5, 5.41) is 0. The highest BCUT2D eigenvalue weighted by molar-refractivity contribution is 7.87. The highest BCUT2D eigenvalue weighted by Crippen LogP contribution is 2.29. The Labute approximate surface area is 168 Å². The van der Waals surface area contributed by atoms with E-state index >= 15 is 0 Å². The van der Waals surface area contributed by atoms with Crippen LogP contribution in [0.2, 0.25) is 0 Å². The smallest absolute Gasteiger partial charge is 0.497 e. The molecule has 1 atom stereocenters. The van der Waals surface area contributed by atoms with Gasteiger partial charge >= 0.3 is 15.6 Å². The largest absolute Gasteiger partial charge is 0.523 e. The van der Waals surface area contributed by atoms with E-state index in [1.54, 1.807) is 24.3 Å². The van der Waals surface area contributed by atoms with Gasteiger partial charge in [-0.05, 0) is 24.1 Å². The van der Waals surface area contributed by atoms with Gasteiger partial charge < -0.3 is 4.74 Å². The van der Waals surface area contributed by atoms with Crippen molar-refractivity contribution in [3.05, 3.63) is 29.8 Å². The minimum atomic E-state index is -5.93. The number of benzene rings is 1. The Morgan fingerprint density at radius 3 is 2.03 bits per heavy atom. The average molecular weight is 441 g/mol. The Bertz CT molecular complexity index is 763. The molecule has 11 heteroatoms. The minimum Gasteiger partial charge on any atom is -0.497 e. The maximum atomic E-state index is 12.4. The summed E-state index contributed by atoms with van der Waals surface area (Å²) in [5.74, 6) is -1.21. The lowest BCUT2D eigenvalue weighted by molar-refractivity contribution is -0.155. The topological polar surface area (TPSA) is 90.0 Å². The summed E-state index contributed by atoms with van der Waals surface area (Å²) in [4.78, 5) is 24.8. The van der Waals surface area contributed by atoms with Gasteiger partial charge in [0.2, 0.25) is 5.91 Å². The number of carbonyl (C=O) groups excluding carboxylic acids is 2. The summed E-state index contributed by atoms with van der Waals surface area (Å²) >= 11 is 0. The number of likely N-dealkylation sites (tertiary alicyclic amines) is 1. The minimum absolute atomic E-state index is 0.215. The monoisotopic (exact) mass is 441 g/mol. The first-order chi connectivity index (χ1) is 13.5. The number of halogens is 3. The molecule has 29 heavy (non-hydrogen) atoms. The van der Waals surface area contributed by atoms with Crippen molar-refractivity contribution in [2.75, 3.05) is 7.11 Å². The van der Waals surface area contributed by atoms with Crippen LogP contribution in [0.15, 0.2) is 24.3 Å². The molecule has 7 nitrogen and oxygen atoms in total. The van der Waals surface area contributed by atoms with Crippen LogP contribution in [-0.2, 0) is 30.4 Å². The van der Waals surface area contributed by atoms with Crippen LogP contribution in [0.1, 0.15) is 46.1 Å². The molecule has 1 heterocycles. The number of piperidine rings is 1. The fourth-order valence-corrected chi connectivity index (χ4v) is 2.78. The van der Waals surface area contributed by atoms with Gasteiger partial charge in [0.25, 0.3) is 5.91 Å². The first-order valence-electron chi connectivity index (χ1n) is 9.02. The lowest BCUT2D eigenvalue weighted by Crippen LogP contribution is -2.49. The molecule has 0 saturated carbocycles. The Hall–Kier alpha value is -2.14. The molecular weight excluding hydrogens is 415 g/mol. The average Bonchev–Trinajstić information content (AvgIpc) is 2.70. The summed E-state index contributed by atoms with van der Waals surface area (Å²) in [7, 11) is -4.47. The van der Waals surface area contributed by atoms with Crippen LogP contribution in [-0.4, -0.2) is 43.9 Å². The number of nitrogens with zero attached hydrogens (tertiary/aromatic N) is 1. The van der Waals surface area contributed by atoms with Crippen LogP contribution in [0.25, 0.3) is 0 Å². The molecule has 0 N–H and O–H groups in total. The van der Waals surface area contributed by atoms with E-state index in [1.807, 2.05) is 27.7 Å². The number of amides is 2.